The average molecular weight is 1060 g/mol. The summed E-state index contributed by atoms with van der Waals surface area (Å²) in [5.74, 6) is 0.436. The normalized spacial score (nSPS) is 17.5. The lowest BCUT2D eigenvalue weighted by Gasteiger charge is -2.42. The van der Waals surface area contributed by atoms with E-state index in [2.05, 4.69) is 328 Å². The lowest BCUT2D eigenvalue weighted by molar-refractivity contribution is 0.900. The molecule has 2 heteroatoms. The fraction of sp³-hybridized carbons (Fsp3) is 0.0513. The highest BCUT2D eigenvalue weighted by Gasteiger charge is 2.55. The number of allylic oxidation sites excluding steroid dienone is 3. The van der Waals surface area contributed by atoms with Gasteiger partial charge in [-0.1, -0.05) is 231 Å². The Hall–Kier alpha value is -8.92. The van der Waals surface area contributed by atoms with Crippen molar-refractivity contribution in [1.82, 2.24) is 0 Å². The summed E-state index contributed by atoms with van der Waals surface area (Å²) < 4.78 is 0. The van der Waals surface area contributed by atoms with Gasteiger partial charge in [0.1, 0.15) is 0 Å². The second-order valence-corrected chi connectivity index (χ2v) is 27.8. The van der Waals surface area contributed by atoms with Crippen LogP contribution in [0.2, 0.25) is 0 Å². The van der Waals surface area contributed by atoms with Gasteiger partial charge in [0.15, 0.2) is 0 Å². The van der Waals surface area contributed by atoms with Crippen LogP contribution < -0.4 is 10.4 Å². The van der Waals surface area contributed by atoms with E-state index >= 15 is 0 Å². The van der Waals surface area contributed by atoms with Gasteiger partial charge in [-0.05, 0) is 175 Å². The van der Waals surface area contributed by atoms with E-state index < -0.39 is 20.1 Å². The first-order chi connectivity index (χ1) is 39.6. The minimum Gasteiger partial charge on any atom is -0.133 e. The minimum atomic E-state index is -2.05. The van der Waals surface area contributed by atoms with Gasteiger partial charge in [-0.25, -0.2) is 0 Å². The molecule has 3 atom stereocenters. The fourth-order valence-electron chi connectivity index (χ4n) is 13.6. The molecule has 15 rings (SSSR count). The summed E-state index contributed by atoms with van der Waals surface area (Å²) in [4.78, 5) is 10.5. The second kappa shape index (κ2) is 19.8. The standard InChI is InChI=1S/C78H58S2/c1-7-32-62(33-8-1)79(63-34-9-2-10-35-63,64-36-11-3-12-37-64)68-47-49-73-74(52-68)76(59-31-25-30-58(50-59)71-45-24-22-27-56-26-21-23-44-70(56)71)72-48-46-69(53-75(72)77(73)78-54-60-29-20-19-28-57(60)51-61(78)55-78)80(65-38-13-4-14-39-65,66-40-15-5-16-41-66)67-42-17-6-18-43-67/h1-54,61,71H,55H2. The Balaban J connectivity index is 1.11. The monoisotopic (exact) mass is 1060 g/mol. The zero-order valence-electron chi connectivity index (χ0n) is 44.4. The molecule has 0 aromatic heterocycles. The van der Waals surface area contributed by atoms with Crippen molar-refractivity contribution < 1.29 is 0 Å². The average Bonchev–Trinajstić information content (AvgIpc) is 3.60. The highest BCUT2D eigenvalue weighted by molar-refractivity contribution is 8.34. The van der Waals surface area contributed by atoms with E-state index in [0.29, 0.717) is 5.92 Å². The molecular weight excluding hydrogens is 1000 g/mol. The van der Waals surface area contributed by atoms with E-state index in [-0.39, 0.29) is 11.3 Å². The molecule has 0 spiro atoms. The summed E-state index contributed by atoms with van der Waals surface area (Å²) in [5, 5.41) is 7.86. The van der Waals surface area contributed by atoms with E-state index in [4.69, 9.17) is 0 Å². The second-order valence-electron chi connectivity index (χ2n) is 21.5. The van der Waals surface area contributed by atoms with Crippen LogP contribution in [0.4, 0.5) is 0 Å². The topological polar surface area (TPSA) is 0 Å². The molecule has 3 aliphatic rings. The Bertz CT molecular complexity index is 4300. The fourth-order valence-corrected chi connectivity index (χ4v) is 21.4. The Labute approximate surface area is 472 Å². The van der Waals surface area contributed by atoms with Crippen LogP contribution in [0, 0.1) is 5.92 Å². The maximum absolute atomic E-state index is 2.66. The molecule has 3 aliphatic carbocycles. The SMILES string of the molecule is C1=Cc2ccccc2C(c2cccc(-c3c4cc(S(c5ccccc5)(c5ccccc5)c5ccccc5)ccc4c(C45C=c6ccccc6=CC4C5)c4cc(S(c5ccccc5)(c5ccccc5)c5ccccc5)ccc34)c2)C=C1. The highest BCUT2D eigenvalue weighted by Crippen LogP contribution is 2.76. The molecule has 12 aromatic carbocycles. The van der Waals surface area contributed by atoms with Crippen molar-refractivity contribution in [1.29, 1.82) is 0 Å². The number of fused-ring (bicyclic) bond motifs is 5. The van der Waals surface area contributed by atoms with Crippen LogP contribution in [-0.2, 0) is 5.41 Å². The number of hydrogen-bond donors (Lipinski definition) is 0. The molecule has 3 unspecified atom stereocenters. The van der Waals surface area contributed by atoms with Crippen LogP contribution in [0.25, 0.3) is 50.9 Å². The van der Waals surface area contributed by atoms with Gasteiger partial charge >= 0.3 is 0 Å². The Morgan fingerprint density at radius 1 is 0.350 bits per heavy atom. The maximum atomic E-state index is 2.66. The number of rotatable bonds is 11. The lowest BCUT2D eigenvalue weighted by atomic mass is 9.79. The summed E-state index contributed by atoms with van der Waals surface area (Å²) in [7, 11) is -4.08. The molecule has 80 heavy (non-hydrogen) atoms. The molecule has 0 heterocycles. The highest BCUT2D eigenvalue weighted by atomic mass is 32.3. The largest absolute Gasteiger partial charge is 0.133 e. The van der Waals surface area contributed by atoms with Crippen LogP contribution in [0.3, 0.4) is 0 Å². The van der Waals surface area contributed by atoms with Gasteiger partial charge < -0.3 is 0 Å². The van der Waals surface area contributed by atoms with Crippen molar-refractivity contribution in [2.24, 2.45) is 5.92 Å². The van der Waals surface area contributed by atoms with Gasteiger partial charge in [0, 0.05) is 50.5 Å². The van der Waals surface area contributed by atoms with Crippen molar-refractivity contribution in [3.63, 3.8) is 0 Å². The molecule has 0 aliphatic heterocycles. The van der Waals surface area contributed by atoms with Gasteiger partial charge in [0.05, 0.1) is 0 Å². The first-order valence-corrected chi connectivity index (χ1v) is 31.3. The minimum absolute atomic E-state index is 0.0804. The number of benzene rings is 12. The Kier molecular flexibility index (Phi) is 11.9. The van der Waals surface area contributed by atoms with Gasteiger partial charge in [0.25, 0.3) is 0 Å². The van der Waals surface area contributed by atoms with E-state index in [1.165, 1.54) is 105 Å². The van der Waals surface area contributed by atoms with E-state index in [1.807, 2.05) is 0 Å². The predicted molar refractivity (Wildman–Crippen MR) is 338 cm³/mol. The van der Waals surface area contributed by atoms with E-state index in [9.17, 15) is 0 Å². The predicted octanol–water partition coefficient (Wildman–Crippen LogP) is 19.6. The van der Waals surface area contributed by atoms with Crippen molar-refractivity contribution in [2.75, 3.05) is 0 Å². The summed E-state index contributed by atoms with van der Waals surface area (Å²) in [6.45, 7) is 0. The molecule has 0 amide bonds. The molecule has 0 saturated heterocycles. The first kappa shape index (κ1) is 48.2. The molecule has 1 saturated carbocycles. The van der Waals surface area contributed by atoms with Crippen LogP contribution >= 0.6 is 20.1 Å². The molecule has 1 fully saturated rings. The van der Waals surface area contributed by atoms with Crippen LogP contribution in [0.15, 0.2) is 349 Å². The zero-order valence-corrected chi connectivity index (χ0v) is 46.0. The van der Waals surface area contributed by atoms with Crippen molar-refractivity contribution in [2.45, 2.75) is 56.9 Å². The van der Waals surface area contributed by atoms with Crippen molar-refractivity contribution in [3.05, 3.63) is 342 Å². The van der Waals surface area contributed by atoms with Crippen molar-refractivity contribution in [3.8, 4) is 11.1 Å². The van der Waals surface area contributed by atoms with Gasteiger partial charge in [-0.2, -0.15) is 0 Å². The van der Waals surface area contributed by atoms with Crippen molar-refractivity contribution >= 4 is 59.8 Å². The third kappa shape index (κ3) is 7.69. The Morgan fingerprint density at radius 3 is 1.38 bits per heavy atom. The molecule has 382 valence electrons. The van der Waals surface area contributed by atoms with Gasteiger partial charge in [0.2, 0.25) is 0 Å². The van der Waals surface area contributed by atoms with Crippen LogP contribution in [0.5, 0.6) is 0 Å². The summed E-state index contributed by atoms with van der Waals surface area (Å²) in [6, 6.07) is 111. The first-order valence-electron chi connectivity index (χ1n) is 28.0. The molecule has 0 N–H and O–H groups in total. The molecular formula is C78H58S2. The third-order valence-corrected chi connectivity index (χ3v) is 25.0. The van der Waals surface area contributed by atoms with E-state index in [0.717, 1.165) is 6.42 Å². The lowest BCUT2D eigenvalue weighted by Crippen LogP contribution is -2.30. The maximum Gasteiger partial charge on any atom is 0.0278 e. The van der Waals surface area contributed by atoms with Gasteiger partial charge in [-0.3, -0.25) is 0 Å². The quantitative estimate of drug-likeness (QED) is 0.113. The van der Waals surface area contributed by atoms with Crippen LogP contribution in [0.1, 0.15) is 34.6 Å². The Morgan fingerprint density at radius 2 is 0.825 bits per heavy atom. The summed E-state index contributed by atoms with van der Waals surface area (Å²) in [6.07, 6.45) is 15.3. The smallest absolute Gasteiger partial charge is 0.0278 e. The third-order valence-electron chi connectivity index (χ3n) is 17.2. The van der Waals surface area contributed by atoms with E-state index in [1.54, 1.807) is 0 Å². The summed E-state index contributed by atoms with van der Waals surface area (Å²) >= 11 is 0. The molecule has 12 aromatic rings. The number of hydrogen-bond acceptors (Lipinski definition) is 0. The summed E-state index contributed by atoms with van der Waals surface area (Å²) in [5.41, 5.74) is 7.56. The molecule has 0 nitrogen and oxygen atoms in total. The zero-order chi connectivity index (χ0) is 53.1. The molecule has 0 bridgehead atoms. The molecule has 0 radical (unpaired) electrons. The van der Waals surface area contributed by atoms with Gasteiger partial charge in [-0.15, -0.1) is 20.1 Å². The van der Waals surface area contributed by atoms with Crippen LogP contribution in [-0.4, -0.2) is 0 Å².